The molecule has 0 amide bonds. The second kappa shape index (κ2) is 8.09. The van der Waals surface area contributed by atoms with Crippen LogP contribution in [0.2, 0.25) is 13.1 Å². The number of thiophene rings is 2. The second-order valence-electron chi connectivity index (χ2n) is 7.32. The quantitative estimate of drug-likeness (QED) is 0.207. The Labute approximate surface area is 176 Å². The van der Waals surface area contributed by atoms with Gasteiger partial charge in [0.05, 0.1) is 12.4 Å². The van der Waals surface area contributed by atoms with Gasteiger partial charge in [-0.2, -0.15) is 0 Å². The summed E-state index contributed by atoms with van der Waals surface area (Å²) < 4.78 is 3.92. The lowest BCUT2D eigenvalue weighted by Crippen LogP contribution is -2.48. The molecule has 0 bridgehead atoms. The zero-order valence-electron chi connectivity index (χ0n) is 15.0. The Morgan fingerprint density at radius 3 is 2.44 bits per heavy atom. The third kappa shape index (κ3) is 3.79. The van der Waals surface area contributed by atoms with Crippen molar-refractivity contribution in [3.8, 4) is 11.1 Å². The highest BCUT2D eigenvalue weighted by Crippen LogP contribution is 2.44. The third-order valence-corrected chi connectivity index (χ3v) is 14.1. The Hall–Kier alpha value is 0.247. The molecule has 0 saturated carbocycles. The highest BCUT2D eigenvalue weighted by molar-refractivity contribution is 9.12. The Kier molecular flexibility index (Phi) is 6.47. The lowest BCUT2D eigenvalue weighted by Gasteiger charge is -2.16. The summed E-state index contributed by atoms with van der Waals surface area (Å²) >= 11 is 11.0. The maximum absolute atomic E-state index is 12.7. The summed E-state index contributed by atoms with van der Waals surface area (Å²) in [5.41, 5.74) is 2.66. The van der Waals surface area contributed by atoms with Crippen molar-refractivity contribution in [1.82, 2.24) is 0 Å². The van der Waals surface area contributed by atoms with Gasteiger partial charge < -0.3 is 0 Å². The number of hydrogen-bond donors (Lipinski definition) is 0. The van der Waals surface area contributed by atoms with E-state index in [1.54, 1.807) is 22.7 Å². The average molecular weight is 520 g/mol. The van der Waals surface area contributed by atoms with E-state index in [0.717, 1.165) is 11.3 Å². The Balaban J connectivity index is 1.73. The van der Waals surface area contributed by atoms with Crippen LogP contribution in [0.15, 0.2) is 13.6 Å². The number of carbonyl (C=O) groups is 1. The van der Waals surface area contributed by atoms with E-state index in [-0.39, 0.29) is 0 Å². The number of unbranched alkanes of at least 4 members (excludes halogenated alkanes) is 5. The molecule has 0 spiro atoms. The van der Waals surface area contributed by atoms with Crippen LogP contribution in [0.3, 0.4) is 0 Å². The summed E-state index contributed by atoms with van der Waals surface area (Å²) in [4.78, 5) is 13.6. The van der Waals surface area contributed by atoms with E-state index in [4.69, 9.17) is 0 Å². The van der Waals surface area contributed by atoms with E-state index in [2.05, 4.69) is 57.9 Å². The molecule has 6 heteroatoms. The first-order chi connectivity index (χ1) is 11.9. The van der Waals surface area contributed by atoms with Crippen molar-refractivity contribution in [2.24, 2.45) is 0 Å². The van der Waals surface area contributed by atoms with Gasteiger partial charge in [-0.25, -0.2) is 0 Å². The van der Waals surface area contributed by atoms with Crippen molar-refractivity contribution >= 4 is 78.1 Å². The van der Waals surface area contributed by atoms with Crippen molar-refractivity contribution < 1.29 is 4.79 Å². The maximum atomic E-state index is 12.7. The van der Waals surface area contributed by atoms with Crippen LogP contribution >= 0.6 is 54.5 Å². The number of carbonyl (C=O) groups excluding carboxylic acids is 1. The molecule has 0 radical (unpaired) electrons. The van der Waals surface area contributed by atoms with Crippen LogP contribution in [0.4, 0.5) is 0 Å². The fourth-order valence-corrected chi connectivity index (χ4v) is 14.3. The van der Waals surface area contributed by atoms with Crippen molar-refractivity contribution in [3.05, 3.63) is 18.5 Å². The third-order valence-electron chi connectivity index (χ3n) is 5.05. The molecular formula is C19H24Br2OS2Si. The minimum Gasteiger partial charge on any atom is -0.293 e. The molecule has 0 aromatic carbocycles. The van der Waals surface area contributed by atoms with Gasteiger partial charge in [-0.3, -0.25) is 4.79 Å². The van der Waals surface area contributed by atoms with Crippen LogP contribution in [-0.2, 0) is 0 Å². The van der Waals surface area contributed by atoms with Gasteiger partial charge in [0.1, 0.15) is 8.07 Å². The van der Waals surface area contributed by atoms with Crippen molar-refractivity contribution in [2.45, 2.75) is 65.0 Å². The van der Waals surface area contributed by atoms with Gasteiger partial charge in [-0.1, -0.05) is 52.1 Å². The molecule has 1 nitrogen and oxygen atoms in total. The number of fused-ring (bicyclic) bond motifs is 3. The molecule has 3 heterocycles. The molecule has 0 atom stereocenters. The maximum Gasteiger partial charge on any atom is 0.172 e. The topological polar surface area (TPSA) is 17.1 Å². The fourth-order valence-electron chi connectivity index (χ4n) is 3.66. The number of rotatable bonds is 8. The lowest BCUT2D eigenvalue weighted by atomic mass is 10.1. The minimum atomic E-state index is -1.68. The van der Waals surface area contributed by atoms with E-state index in [0.29, 0.717) is 12.2 Å². The largest absolute Gasteiger partial charge is 0.293 e. The summed E-state index contributed by atoms with van der Waals surface area (Å²) in [6.07, 6.45) is 8.08. The summed E-state index contributed by atoms with van der Waals surface area (Å²) in [5, 5.41) is 1.50. The zero-order valence-corrected chi connectivity index (χ0v) is 20.8. The molecule has 2 aromatic rings. The summed E-state index contributed by atoms with van der Waals surface area (Å²) in [6.45, 7) is 7.04. The molecule has 0 unspecified atom stereocenters. The summed E-state index contributed by atoms with van der Waals surface area (Å²) in [6, 6.07) is 2.17. The number of hydrogen-bond acceptors (Lipinski definition) is 3. The molecular weight excluding hydrogens is 496 g/mol. The molecule has 0 fully saturated rings. The molecule has 1 aliphatic rings. The summed E-state index contributed by atoms with van der Waals surface area (Å²) in [5.74, 6) is 0.339. The van der Waals surface area contributed by atoms with Crippen LogP contribution in [0.5, 0.6) is 0 Å². The van der Waals surface area contributed by atoms with Crippen LogP contribution in [0.25, 0.3) is 11.1 Å². The Morgan fingerprint density at radius 2 is 1.72 bits per heavy atom. The highest BCUT2D eigenvalue weighted by Gasteiger charge is 2.44. The minimum absolute atomic E-state index is 0.339. The zero-order chi connectivity index (χ0) is 18.2. The second-order valence-corrected chi connectivity index (χ2v) is 16.6. The van der Waals surface area contributed by atoms with Gasteiger partial charge in [0.15, 0.2) is 5.78 Å². The monoisotopic (exact) mass is 518 g/mol. The fraction of sp³-hybridized carbons (Fsp3) is 0.526. The van der Waals surface area contributed by atoms with Gasteiger partial charge in [-0.05, 0) is 55.1 Å². The predicted octanol–water partition coefficient (Wildman–Crippen LogP) is 7.07. The first kappa shape index (κ1) is 20.0. The van der Waals surface area contributed by atoms with E-state index in [1.165, 1.54) is 60.5 Å². The predicted molar refractivity (Wildman–Crippen MR) is 122 cm³/mol. The standard InChI is InChI=1S/C19H24Br2OS2Si/c1-4-5-6-7-8-9-10-13(22)14-11-12-15-16(18(21)24-17(15)20)25(2,3)19(12)23-14/h11H,4-10H2,1-3H3. The van der Waals surface area contributed by atoms with Gasteiger partial charge in [0.25, 0.3) is 0 Å². The summed E-state index contributed by atoms with van der Waals surface area (Å²) in [7, 11) is -1.68. The van der Waals surface area contributed by atoms with Gasteiger partial charge >= 0.3 is 0 Å². The molecule has 136 valence electrons. The Morgan fingerprint density at radius 1 is 1.04 bits per heavy atom. The van der Waals surface area contributed by atoms with Crippen LogP contribution < -0.4 is 9.69 Å². The first-order valence-electron chi connectivity index (χ1n) is 9.04. The SMILES string of the molecule is CCCCCCCCC(=O)c1cc2c(s1)[Si](C)(C)c1c(Br)sc(Br)c1-2. The first-order valence-corrected chi connectivity index (χ1v) is 15.3. The van der Waals surface area contributed by atoms with Gasteiger partial charge in [0.2, 0.25) is 0 Å². The van der Waals surface area contributed by atoms with E-state index >= 15 is 0 Å². The average Bonchev–Trinajstić information content (AvgIpc) is 3.17. The number of ketones is 1. The molecule has 3 rings (SSSR count). The van der Waals surface area contributed by atoms with Crippen LogP contribution in [0.1, 0.15) is 61.5 Å². The molecule has 1 aliphatic heterocycles. The van der Waals surface area contributed by atoms with Crippen molar-refractivity contribution in [3.63, 3.8) is 0 Å². The van der Waals surface area contributed by atoms with Crippen LogP contribution in [0, 0.1) is 0 Å². The number of Topliss-reactive ketones (excluding diaryl/α,β-unsaturated/α-hetero) is 1. The molecule has 25 heavy (non-hydrogen) atoms. The normalized spacial score (nSPS) is 14.6. The van der Waals surface area contributed by atoms with Crippen LogP contribution in [-0.4, -0.2) is 13.9 Å². The molecule has 2 aromatic heterocycles. The van der Waals surface area contributed by atoms with E-state index < -0.39 is 8.07 Å². The lowest BCUT2D eigenvalue weighted by molar-refractivity contribution is 0.0983. The van der Waals surface area contributed by atoms with Gasteiger partial charge in [0, 0.05) is 16.5 Å². The Bertz CT molecular complexity index is 792. The number of halogens is 2. The smallest absolute Gasteiger partial charge is 0.172 e. The van der Waals surface area contributed by atoms with E-state index in [9.17, 15) is 4.79 Å². The molecule has 0 saturated heterocycles. The van der Waals surface area contributed by atoms with Gasteiger partial charge in [-0.15, -0.1) is 22.7 Å². The molecule has 0 N–H and O–H groups in total. The van der Waals surface area contributed by atoms with Crippen molar-refractivity contribution in [2.75, 3.05) is 0 Å². The van der Waals surface area contributed by atoms with E-state index in [1.807, 2.05) is 0 Å². The molecule has 0 aliphatic carbocycles. The van der Waals surface area contributed by atoms with Crippen molar-refractivity contribution in [1.29, 1.82) is 0 Å². The highest BCUT2D eigenvalue weighted by atomic mass is 79.9.